The first-order valence-corrected chi connectivity index (χ1v) is 8.58. The molecule has 1 unspecified atom stereocenters. The number of carbonyl (C=O) groups is 2. The van der Waals surface area contributed by atoms with Gasteiger partial charge in [0.2, 0.25) is 5.91 Å². The standard InChI is InChI=1S/C19H16F2N6O2/c1-11(27(12(2)28)19(29)18-3-5-23-24-18)10-26-6-4-17(25-26)13-7-15(20)14(9-22)16(21)8-13/h3-8,11H,10H2,1-2H3,(H,23,24). The van der Waals surface area contributed by atoms with Crippen LogP contribution >= 0.6 is 0 Å². The molecule has 0 saturated heterocycles. The maximum Gasteiger partial charge on any atom is 0.278 e. The fourth-order valence-corrected chi connectivity index (χ4v) is 2.96. The summed E-state index contributed by atoms with van der Waals surface area (Å²) in [6.45, 7) is 3.13. The molecule has 29 heavy (non-hydrogen) atoms. The van der Waals surface area contributed by atoms with Gasteiger partial charge in [-0.1, -0.05) is 0 Å². The van der Waals surface area contributed by atoms with Crippen molar-refractivity contribution in [3.05, 3.63) is 59.6 Å². The second-order valence-electron chi connectivity index (χ2n) is 6.36. The number of nitrogens with one attached hydrogen (secondary N) is 1. The first kappa shape index (κ1) is 19.9. The summed E-state index contributed by atoms with van der Waals surface area (Å²) in [5, 5.41) is 19.2. The lowest BCUT2D eigenvalue weighted by atomic mass is 10.1. The monoisotopic (exact) mass is 398 g/mol. The van der Waals surface area contributed by atoms with Gasteiger partial charge in [-0.05, 0) is 31.2 Å². The van der Waals surface area contributed by atoms with Crippen molar-refractivity contribution < 1.29 is 18.4 Å². The van der Waals surface area contributed by atoms with Crippen LogP contribution in [0.1, 0.15) is 29.9 Å². The van der Waals surface area contributed by atoms with E-state index in [1.807, 2.05) is 0 Å². The Morgan fingerprint density at radius 3 is 2.55 bits per heavy atom. The van der Waals surface area contributed by atoms with Crippen LogP contribution < -0.4 is 0 Å². The number of aromatic nitrogens is 4. The number of hydrogen-bond acceptors (Lipinski definition) is 5. The van der Waals surface area contributed by atoms with Crippen LogP contribution in [0, 0.1) is 23.0 Å². The Kier molecular flexibility index (Phi) is 5.50. The summed E-state index contributed by atoms with van der Waals surface area (Å²) < 4.78 is 29.2. The molecule has 148 valence electrons. The van der Waals surface area contributed by atoms with Gasteiger partial charge in [0.05, 0.1) is 18.3 Å². The number of carbonyl (C=O) groups excluding carboxylic acids is 2. The maximum atomic E-state index is 13.8. The van der Waals surface area contributed by atoms with Crippen molar-refractivity contribution in [3.63, 3.8) is 0 Å². The summed E-state index contributed by atoms with van der Waals surface area (Å²) in [6.07, 6.45) is 2.98. The van der Waals surface area contributed by atoms with E-state index in [1.54, 1.807) is 19.2 Å². The average Bonchev–Trinajstić information content (AvgIpc) is 3.33. The number of rotatable bonds is 5. The van der Waals surface area contributed by atoms with Gasteiger partial charge in [0.15, 0.2) is 0 Å². The van der Waals surface area contributed by atoms with E-state index in [1.165, 1.54) is 29.9 Å². The summed E-state index contributed by atoms with van der Waals surface area (Å²) in [5.74, 6) is -2.91. The van der Waals surface area contributed by atoms with E-state index in [2.05, 4.69) is 15.3 Å². The molecule has 10 heteroatoms. The van der Waals surface area contributed by atoms with E-state index in [0.29, 0.717) is 0 Å². The van der Waals surface area contributed by atoms with Crippen molar-refractivity contribution in [1.29, 1.82) is 5.26 Å². The van der Waals surface area contributed by atoms with E-state index >= 15 is 0 Å². The second-order valence-corrected chi connectivity index (χ2v) is 6.36. The number of nitriles is 1. The largest absolute Gasteiger partial charge is 0.278 e. The highest BCUT2D eigenvalue weighted by Gasteiger charge is 2.26. The molecule has 1 aromatic carbocycles. The maximum absolute atomic E-state index is 13.8. The van der Waals surface area contributed by atoms with Gasteiger partial charge in [-0.25, -0.2) is 8.78 Å². The third kappa shape index (κ3) is 4.03. The molecule has 0 spiro atoms. The Labute approximate surface area is 164 Å². The minimum absolute atomic E-state index is 0.167. The van der Waals surface area contributed by atoms with E-state index in [0.717, 1.165) is 17.0 Å². The Morgan fingerprint density at radius 2 is 2.00 bits per heavy atom. The summed E-state index contributed by atoms with van der Waals surface area (Å²) >= 11 is 0. The van der Waals surface area contributed by atoms with Gasteiger partial charge < -0.3 is 0 Å². The first-order chi connectivity index (χ1) is 13.8. The van der Waals surface area contributed by atoms with Gasteiger partial charge in [0, 0.05) is 24.9 Å². The van der Waals surface area contributed by atoms with Gasteiger partial charge in [0.25, 0.3) is 5.91 Å². The lowest BCUT2D eigenvalue weighted by Gasteiger charge is -2.25. The number of benzene rings is 1. The quantitative estimate of drug-likeness (QED) is 0.710. The summed E-state index contributed by atoms with van der Waals surface area (Å²) in [7, 11) is 0. The third-order valence-corrected chi connectivity index (χ3v) is 4.27. The van der Waals surface area contributed by atoms with Crippen LogP contribution in [-0.2, 0) is 11.3 Å². The highest BCUT2D eigenvalue weighted by molar-refractivity contribution is 6.03. The van der Waals surface area contributed by atoms with Crippen molar-refractivity contribution in [2.45, 2.75) is 26.4 Å². The number of aromatic amines is 1. The predicted molar refractivity (Wildman–Crippen MR) is 97.2 cm³/mol. The van der Waals surface area contributed by atoms with Crippen molar-refractivity contribution in [1.82, 2.24) is 24.9 Å². The molecule has 3 rings (SSSR count). The molecule has 2 amide bonds. The van der Waals surface area contributed by atoms with Crippen LogP contribution in [0.25, 0.3) is 11.3 Å². The van der Waals surface area contributed by atoms with Crippen molar-refractivity contribution in [3.8, 4) is 17.3 Å². The number of H-pyrrole nitrogens is 1. The van der Waals surface area contributed by atoms with Crippen LogP contribution in [0.2, 0.25) is 0 Å². The van der Waals surface area contributed by atoms with E-state index in [4.69, 9.17) is 5.26 Å². The Hall–Kier alpha value is -3.87. The average molecular weight is 398 g/mol. The molecule has 8 nitrogen and oxygen atoms in total. The zero-order valence-corrected chi connectivity index (χ0v) is 15.6. The molecule has 0 fully saturated rings. The van der Waals surface area contributed by atoms with Gasteiger partial charge in [0.1, 0.15) is 29.0 Å². The Morgan fingerprint density at radius 1 is 1.31 bits per heavy atom. The van der Waals surface area contributed by atoms with Gasteiger partial charge >= 0.3 is 0 Å². The highest BCUT2D eigenvalue weighted by Crippen LogP contribution is 2.23. The molecule has 0 aliphatic rings. The van der Waals surface area contributed by atoms with Crippen LogP contribution in [0.15, 0.2) is 36.7 Å². The molecule has 0 saturated carbocycles. The van der Waals surface area contributed by atoms with Crippen LogP contribution in [0.4, 0.5) is 8.78 Å². The smallest absolute Gasteiger partial charge is 0.275 e. The molecule has 0 bridgehead atoms. The number of imide groups is 1. The lowest BCUT2D eigenvalue weighted by Crippen LogP contribution is -2.44. The minimum Gasteiger partial charge on any atom is -0.275 e. The van der Waals surface area contributed by atoms with Crippen molar-refractivity contribution >= 4 is 11.8 Å². The second kappa shape index (κ2) is 8.02. The SMILES string of the molecule is CC(=O)N(C(=O)c1ccn[nH]1)C(C)Cn1ccc(-c2cc(F)c(C#N)c(F)c2)n1. The molecule has 1 N–H and O–H groups in total. The number of amides is 2. The zero-order valence-electron chi connectivity index (χ0n) is 15.6. The molecule has 1 atom stereocenters. The molecule has 0 aliphatic heterocycles. The van der Waals surface area contributed by atoms with Gasteiger partial charge in [-0.3, -0.25) is 24.3 Å². The molecule has 0 aliphatic carbocycles. The van der Waals surface area contributed by atoms with E-state index in [9.17, 15) is 18.4 Å². The van der Waals surface area contributed by atoms with E-state index in [-0.39, 0.29) is 23.5 Å². The molecule has 2 heterocycles. The molecule has 0 radical (unpaired) electrons. The summed E-state index contributed by atoms with van der Waals surface area (Å²) in [4.78, 5) is 25.6. The molecule has 3 aromatic rings. The summed E-state index contributed by atoms with van der Waals surface area (Å²) in [6, 6.07) is 5.98. The zero-order chi connectivity index (χ0) is 21.1. The predicted octanol–water partition coefficient (Wildman–Crippen LogP) is 2.50. The Balaban J connectivity index is 1.81. The third-order valence-electron chi connectivity index (χ3n) is 4.27. The summed E-state index contributed by atoms with van der Waals surface area (Å²) in [5.41, 5.74) is -0.0240. The van der Waals surface area contributed by atoms with Gasteiger partial charge in [-0.15, -0.1) is 0 Å². The van der Waals surface area contributed by atoms with Crippen LogP contribution in [0.5, 0.6) is 0 Å². The number of halogens is 2. The van der Waals surface area contributed by atoms with Gasteiger partial charge in [-0.2, -0.15) is 15.5 Å². The Bertz CT molecular complexity index is 1080. The molecular weight excluding hydrogens is 382 g/mol. The fourth-order valence-electron chi connectivity index (χ4n) is 2.96. The minimum atomic E-state index is -0.974. The van der Waals surface area contributed by atoms with Crippen LogP contribution in [0.3, 0.4) is 0 Å². The van der Waals surface area contributed by atoms with E-state index < -0.39 is 35.1 Å². The molecule has 2 aromatic heterocycles. The van der Waals surface area contributed by atoms with Crippen molar-refractivity contribution in [2.24, 2.45) is 0 Å². The highest BCUT2D eigenvalue weighted by atomic mass is 19.1. The van der Waals surface area contributed by atoms with Crippen LogP contribution in [-0.4, -0.2) is 42.7 Å². The number of hydrogen-bond donors (Lipinski definition) is 1. The van der Waals surface area contributed by atoms with Crippen molar-refractivity contribution in [2.75, 3.05) is 0 Å². The topological polar surface area (TPSA) is 108 Å². The number of nitrogens with zero attached hydrogens (tertiary/aromatic N) is 5. The lowest BCUT2D eigenvalue weighted by molar-refractivity contribution is -0.128. The fraction of sp³-hybridized carbons (Fsp3) is 0.211. The first-order valence-electron chi connectivity index (χ1n) is 8.58. The molecular formula is C19H16F2N6O2. The normalized spacial score (nSPS) is 11.7.